The lowest BCUT2D eigenvalue weighted by Crippen LogP contribution is -2.41. The number of carboxylic acids is 2. The van der Waals surface area contributed by atoms with Crippen LogP contribution < -0.4 is 33.7 Å². The number of benzene rings is 6. The van der Waals surface area contributed by atoms with Crippen molar-refractivity contribution in [3.8, 4) is 0 Å². The first kappa shape index (κ1) is 74.5. The zero-order valence-corrected chi connectivity index (χ0v) is 53.9. The molecule has 6 amide bonds. The van der Waals surface area contributed by atoms with E-state index in [4.69, 9.17) is 32.6 Å². The highest BCUT2D eigenvalue weighted by molar-refractivity contribution is 7.92. The summed E-state index contributed by atoms with van der Waals surface area (Å²) in [6.45, 7) is 9.39. The maximum absolute atomic E-state index is 13.6. The summed E-state index contributed by atoms with van der Waals surface area (Å²) in [4.78, 5) is 150. The third-order valence-corrected chi connectivity index (χ3v) is 19.3. The number of nitrogens with one attached hydrogen (secondary N) is 2. The second kappa shape index (κ2) is 30.9. The van der Waals surface area contributed by atoms with E-state index >= 15 is 0 Å². The number of hydrogen-bond donors (Lipinski definition) is 8. The summed E-state index contributed by atoms with van der Waals surface area (Å²) in [6, 6.07) is 17.9. The quantitative estimate of drug-likeness (QED) is 0.00914. The second-order valence-electron chi connectivity index (χ2n) is 20.8. The number of hydrogen-bond acceptors (Lipinski definition) is 27. The monoisotopic (exact) mass is 1410 g/mol. The SMILES string of the molecule is C=CC.CC(N)COCCOCC(C)ON.NCNC(=O)c1cc(S(=O)(=O)c2ccc(C(=O)O)c(C(=O)NCN3C(=O)c4ccc(S(=O)(=O)c5ccc6c(c5)C(=O)N(CN)C6=O)cc4C3=O)c2)ccc1C(=O)O.O=C1OC(=O)c2cc(S(=O)(=O)c3ccc4c(c3)C(=O)OC4=O)ccc21. The molecule has 0 fully saturated rings. The minimum absolute atomic E-state index is 0.0212. The van der Waals surface area contributed by atoms with E-state index < -0.39 is 163 Å². The van der Waals surface area contributed by atoms with Crippen LogP contribution in [0.1, 0.15) is 145 Å². The molecule has 98 heavy (non-hydrogen) atoms. The average Bonchev–Trinajstić information content (AvgIpc) is 1.45. The molecule has 514 valence electrons. The first-order chi connectivity index (χ1) is 46.2. The number of nitrogens with two attached hydrogens (primary N) is 4. The highest BCUT2D eigenvalue weighted by atomic mass is 32.2. The molecule has 10 rings (SSSR count). The molecular weight excluding hydrogens is 1350 g/mol. The Morgan fingerprint density at radius 3 is 1.20 bits per heavy atom. The highest BCUT2D eigenvalue weighted by Gasteiger charge is 2.40. The molecule has 0 aromatic heterocycles. The van der Waals surface area contributed by atoms with Gasteiger partial charge >= 0.3 is 35.8 Å². The van der Waals surface area contributed by atoms with Crippen LogP contribution in [0, 0.1) is 0 Å². The Bertz CT molecular complexity index is 4640. The summed E-state index contributed by atoms with van der Waals surface area (Å²) in [6.07, 6.45) is 1.67. The number of aromatic carboxylic acids is 2. The van der Waals surface area contributed by atoms with Crippen molar-refractivity contribution < 1.29 is 117 Å². The molecule has 0 bridgehead atoms. The molecule has 6 aromatic rings. The number of carbonyl (C=O) groups excluding carboxylic acids is 10. The first-order valence-electron chi connectivity index (χ1n) is 28.3. The summed E-state index contributed by atoms with van der Waals surface area (Å²) in [5.41, 5.74) is 12.4. The number of carbonyl (C=O) groups is 12. The summed E-state index contributed by atoms with van der Waals surface area (Å²) in [5.74, 6) is -7.65. The maximum Gasteiger partial charge on any atom is 0.346 e. The summed E-state index contributed by atoms with van der Waals surface area (Å²) >= 11 is 0. The van der Waals surface area contributed by atoms with E-state index in [1.54, 1.807) is 6.08 Å². The number of esters is 4. The minimum Gasteiger partial charge on any atom is -0.478 e. The van der Waals surface area contributed by atoms with Crippen molar-refractivity contribution in [1.82, 2.24) is 20.4 Å². The molecule has 6 aromatic carbocycles. The van der Waals surface area contributed by atoms with Gasteiger partial charge in [-0.15, -0.1) is 6.58 Å². The standard InChI is InChI=1S/C35H26N6O14S2.C16H6O8S.C8H20N2O3.C3H6/c36-13-38-28(42)24-9-16(3-7-22(24)34(48)49)56(52,53)17-4-8-23(35(50)51)25(10-17)29(43)39-15-41-31(45)21-6-2-19(12-27(21)33(41)47)57(54,55)18-1-5-20-26(11-18)32(46)40(14-37)30(20)44;17-13-9-3-1-7(5-11(9)15(19)23-13)25(21,22)8-2-4-10-12(6-8)16(20)24-14(10)18;1-7(9)5-11-3-4-12-6-8(2)13-10;1-3-2/h1-12H,13-15,36-37H2,(H,38,42)(H,39,43)(H,48,49)(H,50,51);1-6H;7-8H,3-6,9-10H2,1-2H3;3H,1H2,2H3. The van der Waals surface area contributed by atoms with E-state index in [1.807, 2.05) is 20.8 Å². The minimum atomic E-state index is -4.67. The molecule has 33 nitrogen and oxygen atoms in total. The van der Waals surface area contributed by atoms with Crippen LogP contribution in [0.2, 0.25) is 0 Å². The van der Waals surface area contributed by atoms with Crippen molar-refractivity contribution in [1.29, 1.82) is 0 Å². The molecule has 0 radical (unpaired) electrons. The second-order valence-corrected chi connectivity index (χ2v) is 26.7. The third-order valence-electron chi connectivity index (χ3n) is 14.1. The number of carboxylic acid groups (broad SMARTS) is 2. The van der Waals surface area contributed by atoms with Gasteiger partial charge in [0.1, 0.15) is 6.67 Å². The van der Waals surface area contributed by atoms with Crippen molar-refractivity contribution in [2.24, 2.45) is 23.1 Å². The van der Waals surface area contributed by atoms with Crippen LogP contribution in [0.3, 0.4) is 0 Å². The van der Waals surface area contributed by atoms with E-state index in [2.05, 4.69) is 31.5 Å². The van der Waals surface area contributed by atoms with Gasteiger partial charge in [0, 0.05) is 6.04 Å². The maximum atomic E-state index is 13.6. The van der Waals surface area contributed by atoms with Crippen LogP contribution in [-0.2, 0) is 53.3 Å². The Balaban J connectivity index is 0.000000268. The molecule has 2 unspecified atom stereocenters. The van der Waals surface area contributed by atoms with Gasteiger partial charge in [0.25, 0.3) is 35.4 Å². The van der Waals surface area contributed by atoms with E-state index in [1.165, 1.54) is 12.1 Å². The van der Waals surface area contributed by atoms with Gasteiger partial charge in [-0.3, -0.25) is 43.4 Å². The van der Waals surface area contributed by atoms with Gasteiger partial charge in [0.2, 0.25) is 29.5 Å². The highest BCUT2D eigenvalue weighted by Crippen LogP contribution is 2.34. The molecule has 0 spiro atoms. The fourth-order valence-electron chi connectivity index (χ4n) is 9.29. The number of cyclic esters (lactones) is 4. The molecule has 4 aliphatic rings. The first-order valence-corrected chi connectivity index (χ1v) is 32.8. The van der Waals surface area contributed by atoms with Crippen molar-refractivity contribution in [2.45, 2.75) is 62.3 Å². The summed E-state index contributed by atoms with van der Waals surface area (Å²) in [5, 5.41) is 23.6. The Morgan fingerprint density at radius 1 is 0.500 bits per heavy atom. The molecule has 4 heterocycles. The molecule has 0 aliphatic carbocycles. The Hall–Kier alpha value is -10.9. The largest absolute Gasteiger partial charge is 0.478 e. The predicted octanol–water partition coefficient (Wildman–Crippen LogP) is 1.87. The zero-order chi connectivity index (χ0) is 72.5. The van der Waals surface area contributed by atoms with E-state index in [9.17, 15) is 93.0 Å². The van der Waals surface area contributed by atoms with Crippen LogP contribution in [0.5, 0.6) is 0 Å². The van der Waals surface area contributed by atoms with Gasteiger partial charge in [-0.05, 0) is 130 Å². The number of allylic oxidation sites excluding steroid dienone is 1. The van der Waals surface area contributed by atoms with Crippen molar-refractivity contribution in [3.63, 3.8) is 0 Å². The van der Waals surface area contributed by atoms with Crippen LogP contribution in [-0.4, -0.2) is 175 Å². The Kier molecular flexibility index (Phi) is 23.4. The number of imide groups is 2. The number of rotatable bonds is 22. The lowest BCUT2D eigenvalue weighted by atomic mass is 10.1. The molecule has 0 saturated carbocycles. The molecule has 12 N–H and O–H groups in total. The van der Waals surface area contributed by atoms with Crippen LogP contribution in [0.25, 0.3) is 0 Å². The van der Waals surface area contributed by atoms with E-state index in [0.717, 1.165) is 95.9 Å². The number of fused-ring (bicyclic) bond motifs is 4. The topological polar surface area (TPSA) is 528 Å². The zero-order valence-electron chi connectivity index (χ0n) is 51.5. The lowest BCUT2D eigenvalue weighted by Gasteiger charge is -2.16. The van der Waals surface area contributed by atoms with Gasteiger partial charge in [0.15, 0.2) is 0 Å². The molecule has 36 heteroatoms. The predicted molar refractivity (Wildman–Crippen MR) is 333 cm³/mol. The van der Waals surface area contributed by atoms with Crippen LogP contribution in [0.4, 0.5) is 0 Å². The van der Waals surface area contributed by atoms with Crippen LogP contribution >= 0.6 is 0 Å². The van der Waals surface area contributed by atoms with Gasteiger partial charge in [0.05, 0.1) is 142 Å². The normalized spacial score (nSPS) is 14.2. The number of sulfone groups is 3. The van der Waals surface area contributed by atoms with Gasteiger partial charge in [-0.2, -0.15) is 0 Å². The van der Waals surface area contributed by atoms with Gasteiger partial charge in [-0.25, -0.2) is 59.9 Å². The summed E-state index contributed by atoms with van der Waals surface area (Å²) < 4.78 is 99.1. The Labute approximate surface area is 555 Å². The van der Waals surface area contributed by atoms with Crippen molar-refractivity contribution >= 4 is 101 Å². The summed E-state index contributed by atoms with van der Waals surface area (Å²) in [7, 11) is -13.2. The lowest BCUT2D eigenvalue weighted by molar-refractivity contribution is -0.0250. The van der Waals surface area contributed by atoms with E-state index in [-0.39, 0.29) is 66.4 Å². The van der Waals surface area contributed by atoms with Gasteiger partial charge < -0.3 is 57.0 Å². The third kappa shape index (κ3) is 15.6. The fourth-order valence-corrected chi connectivity index (χ4v) is 13.2. The fraction of sp³-hybridized carbons (Fsp3) is 0.194. The number of nitrogens with zero attached hydrogens (tertiary/aromatic N) is 2. The van der Waals surface area contributed by atoms with Gasteiger partial charge in [-0.1, -0.05) is 6.08 Å². The Morgan fingerprint density at radius 2 is 0.827 bits per heavy atom. The number of ether oxygens (including phenoxy) is 4. The van der Waals surface area contributed by atoms with Crippen LogP contribution in [0.15, 0.2) is 151 Å². The van der Waals surface area contributed by atoms with E-state index in [0.29, 0.717) is 37.4 Å². The number of amides is 6. The smallest absolute Gasteiger partial charge is 0.346 e. The molecule has 4 aliphatic heterocycles. The van der Waals surface area contributed by atoms with Crippen molar-refractivity contribution in [2.75, 3.05) is 46.4 Å². The molecule has 2 atom stereocenters. The molecule has 0 saturated heterocycles. The average molecular weight is 1410 g/mol. The van der Waals surface area contributed by atoms with Crippen molar-refractivity contribution in [3.05, 3.63) is 189 Å². The molecular formula is C62H58N8O25S3.